The van der Waals surface area contributed by atoms with E-state index in [-0.39, 0.29) is 5.91 Å². The van der Waals surface area contributed by atoms with E-state index in [1.165, 1.54) is 0 Å². The van der Waals surface area contributed by atoms with Crippen molar-refractivity contribution >= 4 is 5.91 Å². The number of nitrogens with two attached hydrogens (primary N) is 1. The van der Waals surface area contributed by atoms with Gasteiger partial charge in [-0.1, -0.05) is 5.16 Å². The van der Waals surface area contributed by atoms with Crippen molar-refractivity contribution in [2.24, 2.45) is 11.7 Å². The van der Waals surface area contributed by atoms with Gasteiger partial charge in [-0.05, 0) is 32.2 Å². The van der Waals surface area contributed by atoms with Crippen LogP contribution in [0.5, 0.6) is 0 Å². The van der Waals surface area contributed by atoms with Crippen LogP contribution in [-0.4, -0.2) is 35.6 Å². The maximum Gasteiger partial charge on any atom is 0.292 e. The number of likely N-dealkylation sites (tertiary alicyclic amines) is 1. The summed E-state index contributed by atoms with van der Waals surface area (Å²) in [5.41, 5.74) is 6.43. The topological polar surface area (TPSA) is 72.4 Å². The minimum atomic E-state index is -0.0619. The quantitative estimate of drug-likeness (QED) is 0.804. The Morgan fingerprint density at radius 3 is 3.19 bits per heavy atom. The van der Waals surface area contributed by atoms with E-state index in [4.69, 9.17) is 10.3 Å². The summed E-state index contributed by atoms with van der Waals surface area (Å²) in [5.74, 6) is 0.715. The summed E-state index contributed by atoms with van der Waals surface area (Å²) >= 11 is 0. The van der Waals surface area contributed by atoms with E-state index < -0.39 is 0 Å². The average molecular weight is 223 g/mol. The molecule has 1 aliphatic heterocycles. The summed E-state index contributed by atoms with van der Waals surface area (Å²) < 4.78 is 4.98. The van der Waals surface area contributed by atoms with Crippen molar-refractivity contribution in [3.63, 3.8) is 0 Å². The zero-order valence-corrected chi connectivity index (χ0v) is 9.48. The molecule has 1 amide bonds. The number of nitrogens with zero attached hydrogens (tertiary/aromatic N) is 2. The van der Waals surface area contributed by atoms with E-state index in [2.05, 4.69) is 5.16 Å². The van der Waals surface area contributed by atoms with Crippen molar-refractivity contribution in [3.05, 3.63) is 17.5 Å². The van der Waals surface area contributed by atoms with Gasteiger partial charge in [0.25, 0.3) is 5.91 Å². The van der Waals surface area contributed by atoms with Crippen LogP contribution < -0.4 is 5.73 Å². The Balaban J connectivity index is 2.07. The van der Waals surface area contributed by atoms with Gasteiger partial charge in [0.15, 0.2) is 0 Å². The summed E-state index contributed by atoms with van der Waals surface area (Å²) in [7, 11) is 0. The van der Waals surface area contributed by atoms with Gasteiger partial charge in [-0.15, -0.1) is 0 Å². The third-order valence-electron chi connectivity index (χ3n) is 3.08. The summed E-state index contributed by atoms with van der Waals surface area (Å²) in [4.78, 5) is 13.9. The lowest BCUT2D eigenvalue weighted by Gasteiger charge is -2.31. The molecule has 0 aliphatic carbocycles. The molecule has 1 saturated heterocycles. The van der Waals surface area contributed by atoms with E-state index in [9.17, 15) is 4.79 Å². The number of hydrogen-bond donors (Lipinski definition) is 1. The largest absolute Gasteiger partial charge is 0.351 e. The van der Waals surface area contributed by atoms with Crippen LogP contribution in [0.15, 0.2) is 10.7 Å². The maximum absolute atomic E-state index is 12.1. The predicted molar refractivity (Wildman–Crippen MR) is 58.9 cm³/mol. The van der Waals surface area contributed by atoms with Crippen LogP contribution >= 0.6 is 0 Å². The molecule has 5 nitrogen and oxygen atoms in total. The highest BCUT2D eigenvalue weighted by molar-refractivity contribution is 5.92. The highest BCUT2D eigenvalue weighted by Crippen LogP contribution is 2.18. The predicted octanol–water partition coefficient (Wildman–Crippen LogP) is 0.794. The lowest BCUT2D eigenvalue weighted by atomic mass is 9.98. The molecule has 16 heavy (non-hydrogen) atoms. The van der Waals surface area contributed by atoms with Gasteiger partial charge in [0.05, 0.1) is 6.20 Å². The molecule has 1 atom stereocenters. The van der Waals surface area contributed by atoms with E-state index in [0.29, 0.717) is 18.2 Å². The summed E-state index contributed by atoms with van der Waals surface area (Å²) in [6.45, 7) is 3.98. The van der Waals surface area contributed by atoms with Crippen LogP contribution in [0.1, 0.15) is 29.0 Å². The number of rotatable bonds is 2. The summed E-state index contributed by atoms with van der Waals surface area (Å²) in [6, 6.07) is 0. The summed E-state index contributed by atoms with van der Waals surface area (Å²) in [6.07, 6.45) is 3.69. The Morgan fingerprint density at radius 2 is 2.56 bits per heavy atom. The van der Waals surface area contributed by atoms with Crippen LogP contribution in [0.25, 0.3) is 0 Å². The molecular weight excluding hydrogens is 206 g/mol. The van der Waals surface area contributed by atoms with Crippen molar-refractivity contribution < 1.29 is 9.32 Å². The molecule has 0 aromatic carbocycles. The first-order valence-corrected chi connectivity index (χ1v) is 5.63. The molecule has 2 N–H and O–H groups in total. The number of carbonyl (C=O) groups is 1. The van der Waals surface area contributed by atoms with Gasteiger partial charge in [0.1, 0.15) is 0 Å². The van der Waals surface area contributed by atoms with Crippen LogP contribution in [0, 0.1) is 12.8 Å². The Morgan fingerprint density at radius 1 is 1.75 bits per heavy atom. The van der Waals surface area contributed by atoms with Gasteiger partial charge >= 0.3 is 0 Å². The smallest absolute Gasteiger partial charge is 0.292 e. The molecule has 1 fully saturated rings. The van der Waals surface area contributed by atoms with Gasteiger partial charge in [-0.2, -0.15) is 0 Å². The van der Waals surface area contributed by atoms with Gasteiger partial charge in [0.2, 0.25) is 5.76 Å². The molecule has 1 unspecified atom stereocenters. The number of hydrogen-bond acceptors (Lipinski definition) is 4. The number of aryl methyl sites for hydroxylation is 1. The molecule has 2 rings (SSSR count). The van der Waals surface area contributed by atoms with E-state index in [1.807, 2.05) is 11.8 Å². The molecule has 88 valence electrons. The van der Waals surface area contributed by atoms with E-state index in [0.717, 1.165) is 31.5 Å². The van der Waals surface area contributed by atoms with Gasteiger partial charge in [0, 0.05) is 18.7 Å². The third kappa shape index (κ3) is 2.09. The van der Waals surface area contributed by atoms with Crippen molar-refractivity contribution in [1.82, 2.24) is 10.1 Å². The van der Waals surface area contributed by atoms with Gasteiger partial charge in [-0.25, -0.2) is 0 Å². The minimum Gasteiger partial charge on any atom is -0.351 e. The van der Waals surface area contributed by atoms with E-state index in [1.54, 1.807) is 6.20 Å². The van der Waals surface area contributed by atoms with Crippen LogP contribution in [0.3, 0.4) is 0 Å². The molecule has 1 aromatic heterocycles. The normalized spacial score (nSPS) is 21.1. The molecule has 2 heterocycles. The van der Waals surface area contributed by atoms with E-state index >= 15 is 0 Å². The van der Waals surface area contributed by atoms with Crippen molar-refractivity contribution in [1.29, 1.82) is 0 Å². The first kappa shape index (κ1) is 11.1. The molecule has 0 bridgehead atoms. The fourth-order valence-electron chi connectivity index (χ4n) is 2.08. The molecule has 0 saturated carbocycles. The Kier molecular flexibility index (Phi) is 3.24. The highest BCUT2D eigenvalue weighted by Gasteiger charge is 2.26. The molecule has 0 spiro atoms. The van der Waals surface area contributed by atoms with Gasteiger partial charge < -0.3 is 15.2 Å². The van der Waals surface area contributed by atoms with Crippen LogP contribution in [-0.2, 0) is 0 Å². The van der Waals surface area contributed by atoms with Crippen molar-refractivity contribution in [3.8, 4) is 0 Å². The fraction of sp³-hybridized carbons (Fsp3) is 0.636. The van der Waals surface area contributed by atoms with Gasteiger partial charge in [-0.3, -0.25) is 4.79 Å². The SMILES string of the molecule is Cc1cnoc1C(=O)N1CCCC(CN)C1. The van der Waals surface area contributed by atoms with Crippen LogP contribution in [0.4, 0.5) is 0 Å². The van der Waals surface area contributed by atoms with Crippen LogP contribution in [0.2, 0.25) is 0 Å². The second-order valence-electron chi connectivity index (χ2n) is 4.33. The highest BCUT2D eigenvalue weighted by atomic mass is 16.5. The fourth-order valence-corrected chi connectivity index (χ4v) is 2.08. The Bertz CT molecular complexity index is 375. The first-order chi connectivity index (χ1) is 7.72. The zero-order valence-electron chi connectivity index (χ0n) is 9.48. The first-order valence-electron chi connectivity index (χ1n) is 5.63. The second-order valence-corrected chi connectivity index (χ2v) is 4.33. The second kappa shape index (κ2) is 4.65. The molecule has 0 radical (unpaired) electrons. The lowest BCUT2D eigenvalue weighted by Crippen LogP contribution is -2.42. The summed E-state index contributed by atoms with van der Waals surface area (Å²) in [5, 5.41) is 3.63. The lowest BCUT2D eigenvalue weighted by molar-refractivity contribution is 0.0635. The number of carbonyl (C=O) groups excluding carboxylic acids is 1. The molecule has 1 aliphatic rings. The minimum absolute atomic E-state index is 0.0619. The Labute approximate surface area is 94.6 Å². The maximum atomic E-state index is 12.1. The number of piperidine rings is 1. The van der Waals surface area contributed by atoms with Crippen molar-refractivity contribution in [2.75, 3.05) is 19.6 Å². The van der Waals surface area contributed by atoms with Crippen molar-refractivity contribution in [2.45, 2.75) is 19.8 Å². The third-order valence-corrected chi connectivity index (χ3v) is 3.08. The Hall–Kier alpha value is -1.36. The molecule has 1 aromatic rings. The molecule has 5 heteroatoms. The zero-order chi connectivity index (χ0) is 11.5. The molecular formula is C11H17N3O2. The monoisotopic (exact) mass is 223 g/mol. The number of amides is 1. The standard InChI is InChI=1S/C11H17N3O2/c1-8-6-13-16-10(8)11(15)14-4-2-3-9(5-12)7-14/h6,9H,2-5,7,12H2,1H3. The average Bonchev–Trinajstić information content (AvgIpc) is 2.74. The number of aromatic nitrogens is 1.